The van der Waals surface area contributed by atoms with Gasteiger partial charge in [-0.3, -0.25) is 4.79 Å². The average molecular weight is 254 g/mol. The summed E-state index contributed by atoms with van der Waals surface area (Å²) in [6.45, 7) is 12.9. The highest BCUT2D eigenvalue weighted by Gasteiger charge is 2.25. The van der Waals surface area contributed by atoms with Gasteiger partial charge in [0.2, 0.25) is 5.91 Å². The summed E-state index contributed by atoms with van der Waals surface area (Å²) in [6.07, 6.45) is 2.16. The minimum absolute atomic E-state index is 0.0220. The minimum Gasteiger partial charge on any atom is -0.354 e. The van der Waals surface area contributed by atoms with Crippen LogP contribution in [0.3, 0.4) is 0 Å². The maximum absolute atomic E-state index is 12.1. The fourth-order valence-electron chi connectivity index (χ4n) is 2.89. The molecule has 2 unspecified atom stereocenters. The predicted molar refractivity (Wildman–Crippen MR) is 76.4 cm³/mol. The van der Waals surface area contributed by atoms with Crippen molar-refractivity contribution in [3.63, 3.8) is 0 Å². The molecule has 0 aromatic heterocycles. The zero-order chi connectivity index (χ0) is 13.7. The molecule has 0 aliphatic carbocycles. The van der Waals surface area contributed by atoms with E-state index in [2.05, 4.69) is 45.3 Å². The van der Waals surface area contributed by atoms with Crippen LogP contribution in [0.5, 0.6) is 0 Å². The van der Waals surface area contributed by atoms with Crippen LogP contribution < -0.4 is 10.6 Å². The average Bonchev–Trinajstić information content (AvgIpc) is 2.28. The van der Waals surface area contributed by atoms with Gasteiger partial charge >= 0.3 is 0 Å². The van der Waals surface area contributed by atoms with Crippen LogP contribution in [0, 0.1) is 23.7 Å². The van der Waals surface area contributed by atoms with Crippen LogP contribution >= 0.6 is 0 Å². The number of nitrogens with one attached hydrogen (secondary N) is 2. The molecule has 0 spiro atoms. The molecule has 3 nitrogen and oxygen atoms in total. The van der Waals surface area contributed by atoms with E-state index in [-0.39, 0.29) is 11.9 Å². The Morgan fingerprint density at radius 2 is 1.89 bits per heavy atom. The van der Waals surface area contributed by atoms with E-state index in [0.29, 0.717) is 23.7 Å². The molecule has 0 radical (unpaired) electrons. The van der Waals surface area contributed by atoms with Crippen LogP contribution in [-0.2, 0) is 4.79 Å². The Hall–Kier alpha value is -0.570. The van der Waals surface area contributed by atoms with E-state index in [1.54, 1.807) is 0 Å². The monoisotopic (exact) mass is 254 g/mol. The molecule has 0 bridgehead atoms. The second-order valence-corrected chi connectivity index (χ2v) is 6.53. The molecule has 0 saturated carbocycles. The summed E-state index contributed by atoms with van der Waals surface area (Å²) in [5.74, 6) is 2.64. The summed E-state index contributed by atoms with van der Waals surface area (Å²) < 4.78 is 0. The first kappa shape index (κ1) is 15.5. The highest BCUT2D eigenvalue weighted by Crippen LogP contribution is 2.20. The first-order valence-electron chi connectivity index (χ1n) is 7.42. The second kappa shape index (κ2) is 7.13. The van der Waals surface area contributed by atoms with Gasteiger partial charge in [-0.1, -0.05) is 34.6 Å². The van der Waals surface area contributed by atoms with E-state index in [4.69, 9.17) is 0 Å². The number of hydrogen-bond acceptors (Lipinski definition) is 2. The van der Waals surface area contributed by atoms with Crippen molar-refractivity contribution in [1.29, 1.82) is 0 Å². The van der Waals surface area contributed by atoms with Gasteiger partial charge in [-0.15, -0.1) is 0 Å². The summed E-state index contributed by atoms with van der Waals surface area (Å²) in [4.78, 5) is 12.1. The number of carbonyl (C=O) groups is 1. The van der Waals surface area contributed by atoms with Gasteiger partial charge in [-0.2, -0.15) is 0 Å². The third-order valence-electron chi connectivity index (χ3n) is 4.21. The molecule has 1 amide bonds. The van der Waals surface area contributed by atoms with Crippen molar-refractivity contribution in [2.75, 3.05) is 13.1 Å². The van der Waals surface area contributed by atoms with Crippen molar-refractivity contribution in [3.8, 4) is 0 Å². The molecule has 0 aromatic carbocycles. The molecule has 1 rings (SSSR count). The lowest BCUT2D eigenvalue weighted by Gasteiger charge is -2.29. The smallest absolute Gasteiger partial charge is 0.237 e. The van der Waals surface area contributed by atoms with Gasteiger partial charge in [0.15, 0.2) is 0 Å². The lowest BCUT2D eigenvalue weighted by molar-refractivity contribution is -0.124. The van der Waals surface area contributed by atoms with Gasteiger partial charge in [0.05, 0.1) is 6.04 Å². The molecule has 18 heavy (non-hydrogen) atoms. The van der Waals surface area contributed by atoms with Crippen molar-refractivity contribution in [2.24, 2.45) is 23.7 Å². The Balaban J connectivity index is 2.39. The fraction of sp³-hybridized carbons (Fsp3) is 0.933. The minimum atomic E-state index is 0.0220. The van der Waals surface area contributed by atoms with Gasteiger partial charge in [-0.05, 0) is 43.1 Å². The number of carbonyl (C=O) groups excluding carboxylic acids is 1. The number of piperidine rings is 1. The van der Waals surface area contributed by atoms with Crippen molar-refractivity contribution in [3.05, 3.63) is 0 Å². The van der Waals surface area contributed by atoms with Crippen LogP contribution in [0.1, 0.15) is 47.5 Å². The Labute approximate surface area is 112 Å². The maximum atomic E-state index is 12.1. The van der Waals surface area contributed by atoms with Crippen molar-refractivity contribution < 1.29 is 4.79 Å². The van der Waals surface area contributed by atoms with Crippen LogP contribution in [0.15, 0.2) is 0 Å². The van der Waals surface area contributed by atoms with Crippen LogP contribution in [-0.4, -0.2) is 25.0 Å². The fourth-order valence-corrected chi connectivity index (χ4v) is 2.89. The standard InChI is InChI=1S/C15H30N2O/c1-10(2)13(11(3)4)9-17-15(18)14-8-12(5)6-7-16-14/h10-14,16H,6-9H2,1-5H3,(H,17,18). The molecule has 1 saturated heterocycles. The molecular formula is C15H30N2O. The summed E-state index contributed by atoms with van der Waals surface area (Å²) in [5.41, 5.74) is 0. The Kier molecular flexibility index (Phi) is 6.13. The quantitative estimate of drug-likeness (QED) is 0.791. The predicted octanol–water partition coefficient (Wildman–Crippen LogP) is 2.42. The molecule has 2 atom stereocenters. The molecule has 106 valence electrons. The summed E-state index contributed by atoms with van der Waals surface area (Å²) >= 11 is 0. The Bertz CT molecular complexity index is 255. The van der Waals surface area contributed by atoms with E-state index >= 15 is 0 Å². The van der Waals surface area contributed by atoms with Gasteiger partial charge in [0.25, 0.3) is 0 Å². The zero-order valence-corrected chi connectivity index (χ0v) is 12.6. The van der Waals surface area contributed by atoms with E-state index in [0.717, 1.165) is 19.5 Å². The van der Waals surface area contributed by atoms with Gasteiger partial charge in [-0.25, -0.2) is 0 Å². The third kappa shape index (κ3) is 4.60. The summed E-state index contributed by atoms with van der Waals surface area (Å²) in [5, 5.41) is 6.45. The topological polar surface area (TPSA) is 41.1 Å². The van der Waals surface area contributed by atoms with Gasteiger partial charge < -0.3 is 10.6 Å². The van der Waals surface area contributed by atoms with Crippen molar-refractivity contribution in [2.45, 2.75) is 53.5 Å². The highest BCUT2D eigenvalue weighted by atomic mass is 16.2. The zero-order valence-electron chi connectivity index (χ0n) is 12.6. The molecular weight excluding hydrogens is 224 g/mol. The lowest BCUT2D eigenvalue weighted by Crippen LogP contribution is -2.49. The normalized spacial score (nSPS) is 24.9. The maximum Gasteiger partial charge on any atom is 0.237 e. The number of amides is 1. The van der Waals surface area contributed by atoms with E-state index < -0.39 is 0 Å². The van der Waals surface area contributed by atoms with Gasteiger partial charge in [0, 0.05) is 6.54 Å². The Morgan fingerprint density at radius 1 is 1.28 bits per heavy atom. The molecule has 1 fully saturated rings. The highest BCUT2D eigenvalue weighted by molar-refractivity contribution is 5.81. The number of rotatable bonds is 5. The van der Waals surface area contributed by atoms with Crippen LogP contribution in [0.25, 0.3) is 0 Å². The van der Waals surface area contributed by atoms with E-state index in [1.165, 1.54) is 6.42 Å². The largest absolute Gasteiger partial charge is 0.354 e. The molecule has 1 aliphatic heterocycles. The van der Waals surface area contributed by atoms with Crippen molar-refractivity contribution >= 4 is 5.91 Å². The van der Waals surface area contributed by atoms with Gasteiger partial charge in [0.1, 0.15) is 0 Å². The SMILES string of the molecule is CC1CCNC(C(=O)NCC(C(C)C)C(C)C)C1. The first-order chi connectivity index (χ1) is 8.41. The first-order valence-corrected chi connectivity index (χ1v) is 7.42. The summed E-state index contributed by atoms with van der Waals surface area (Å²) in [7, 11) is 0. The summed E-state index contributed by atoms with van der Waals surface area (Å²) in [6, 6.07) is 0.0220. The lowest BCUT2D eigenvalue weighted by atomic mass is 9.85. The van der Waals surface area contributed by atoms with Crippen LogP contribution in [0.4, 0.5) is 0 Å². The second-order valence-electron chi connectivity index (χ2n) is 6.53. The third-order valence-corrected chi connectivity index (χ3v) is 4.21. The molecule has 1 aliphatic rings. The molecule has 2 N–H and O–H groups in total. The van der Waals surface area contributed by atoms with Crippen LogP contribution in [0.2, 0.25) is 0 Å². The molecule has 3 heteroatoms. The van der Waals surface area contributed by atoms with E-state index in [1.807, 2.05) is 0 Å². The Morgan fingerprint density at radius 3 is 2.39 bits per heavy atom. The molecule has 1 heterocycles. The molecule has 0 aromatic rings. The number of hydrogen-bond donors (Lipinski definition) is 2. The van der Waals surface area contributed by atoms with Crippen molar-refractivity contribution in [1.82, 2.24) is 10.6 Å². The van der Waals surface area contributed by atoms with E-state index in [9.17, 15) is 4.79 Å².